The molecule has 164 valence electrons. The Kier molecular flexibility index (Phi) is 6.11. The molecule has 1 aliphatic rings. The Labute approximate surface area is 197 Å². The molecule has 0 unspecified atom stereocenters. The fraction of sp³-hybridized carbons (Fsp3) is 0.429. The van der Waals surface area contributed by atoms with Gasteiger partial charge in [0.05, 0.1) is 10.0 Å². The first-order chi connectivity index (χ1) is 13.5. The SMILES string of the molecule is Cc1cc(C(C)(C)C)c(OP2(=O)Oc3c(Cl)c(Cl)c(Cl)c(Cl)c3O2)c(C(C)(C)C)c1. The van der Waals surface area contributed by atoms with E-state index in [1.165, 1.54) is 0 Å². The predicted molar refractivity (Wildman–Crippen MR) is 125 cm³/mol. The molecule has 2 aromatic rings. The summed E-state index contributed by atoms with van der Waals surface area (Å²) in [5.74, 6) is 0.337. The second-order valence-electron chi connectivity index (χ2n) is 9.32. The largest absolute Gasteiger partial charge is 0.647 e. The Hall–Kier alpha value is -0.770. The maximum absolute atomic E-state index is 13.5. The molecule has 0 fully saturated rings. The first-order valence-electron chi connectivity index (χ1n) is 9.25. The standard InChI is InChI=1S/C21H23Cl4O4P/c1-10-8-11(20(2,3)4)17(12(9-10)21(5,6)7)27-30(26)28-18-15(24)13(22)14(23)16(25)19(18)29-30/h8-9H,1-7H3. The van der Waals surface area contributed by atoms with Gasteiger partial charge in [0.2, 0.25) is 0 Å². The molecule has 2 aromatic carbocycles. The maximum Gasteiger partial charge on any atom is 0.647 e. The number of aryl methyl sites for hydroxylation is 1. The molecular formula is C21H23Cl4O4P. The molecule has 0 N–H and O–H groups in total. The Balaban J connectivity index is 2.16. The van der Waals surface area contributed by atoms with E-state index in [1.807, 2.05) is 19.1 Å². The van der Waals surface area contributed by atoms with Gasteiger partial charge in [0.25, 0.3) is 0 Å². The first kappa shape index (κ1) is 23.9. The summed E-state index contributed by atoms with van der Waals surface area (Å²) in [7, 11) is -4.16. The molecule has 1 heterocycles. The zero-order valence-corrected chi connectivity index (χ0v) is 21.7. The van der Waals surface area contributed by atoms with E-state index < -0.39 is 7.82 Å². The van der Waals surface area contributed by atoms with Gasteiger partial charge in [-0.1, -0.05) is 106 Å². The minimum atomic E-state index is -4.16. The average Bonchev–Trinajstić information content (AvgIpc) is 2.95. The van der Waals surface area contributed by atoms with E-state index in [0.29, 0.717) is 5.75 Å². The highest BCUT2D eigenvalue weighted by molar-refractivity contribution is 7.50. The van der Waals surface area contributed by atoms with E-state index in [2.05, 4.69) is 41.5 Å². The number of phosphoric acid groups is 1. The number of phosphoric ester groups is 1. The van der Waals surface area contributed by atoms with E-state index in [-0.39, 0.29) is 42.4 Å². The molecule has 0 saturated carbocycles. The molecule has 0 aromatic heterocycles. The predicted octanol–water partition coefficient (Wildman–Crippen LogP) is 9.16. The molecular weight excluding hydrogens is 489 g/mol. The van der Waals surface area contributed by atoms with Gasteiger partial charge in [0, 0.05) is 11.1 Å². The summed E-state index contributed by atoms with van der Waals surface area (Å²) in [6.45, 7) is 14.3. The van der Waals surface area contributed by atoms with Crippen molar-refractivity contribution < 1.29 is 18.1 Å². The summed E-state index contributed by atoms with van der Waals surface area (Å²) in [5, 5.41) is -0.114. The lowest BCUT2D eigenvalue weighted by Gasteiger charge is -2.30. The number of hydrogen-bond donors (Lipinski definition) is 0. The van der Waals surface area contributed by atoms with Crippen LogP contribution < -0.4 is 13.6 Å². The third-order valence-electron chi connectivity index (χ3n) is 4.64. The second kappa shape index (κ2) is 7.67. The molecule has 0 bridgehead atoms. The summed E-state index contributed by atoms with van der Waals surface area (Å²) >= 11 is 24.6. The van der Waals surface area contributed by atoms with Crippen LogP contribution in [0, 0.1) is 6.92 Å². The van der Waals surface area contributed by atoms with Crippen molar-refractivity contribution in [3.8, 4) is 17.2 Å². The van der Waals surface area contributed by atoms with Gasteiger partial charge in [-0.25, -0.2) is 0 Å². The molecule has 30 heavy (non-hydrogen) atoms. The van der Waals surface area contributed by atoms with Crippen molar-refractivity contribution in [3.63, 3.8) is 0 Å². The summed E-state index contributed by atoms with van der Waals surface area (Å²) in [6, 6.07) is 4.02. The van der Waals surface area contributed by atoms with Crippen LogP contribution in [-0.2, 0) is 15.4 Å². The van der Waals surface area contributed by atoms with Gasteiger partial charge in [-0.2, -0.15) is 4.57 Å². The fourth-order valence-electron chi connectivity index (χ4n) is 3.13. The first-order valence-corrected chi connectivity index (χ1v) is 12.2. The number of halogens is 4. The zero-order chi connectivity index (χ0) is 22.8. The van der Waals surface area contributed by atoms with Crippen molar-refractivity contribution in [2.75, 3.05) is 0 Å². The van der Waals surface area contributed by atoms with Gasteiger partial charge in [-0.15, -0.1) is 0 Å². The van der Waals surface area contributed by atoms with Crippen molar-refractivity contribution in [3.05, 3.63) is 48.9 Å². The van der Waals surface area contributed by atoms with Crippen molar-refractivity contribution in [1.82, 2.24) is 0 Å². The lowest BCUT2D eigenvalue weighted by Crippen LogP contribution is -2.20. The Morgan fingerprint density at radius 2 is 1.13 bits per heavy atom. The van der Waals surface area contributed by atoms with Gasteiger partial charge in [0.15, 0.2) is 11.5 Å². The van der Waals surface area contributed by atoms with Crippen molar-refractivity contribution in [2.24, 2.45) is 0 Å². The van der Waals surface area contributed by atoms with Gasteiger partial charge in [-0.05, 0) is 17.8 Å². The highest BCUT2D eigenvalue weighted by atomic mass is 35.5. The lowest BCUT2D eigenvalue weighted by atomic mass is 9.78. The van der Waals surface area contributed by atoms with Crippen molar-refractivity contribution in [2.45, 2.75) is 59.3 Å². The molecule has 0 atom stereocenters. The topological polar surface area (TPSA) is 44.8 Å². The van der Waals surface area contributed by atoms with Crippen LogP contribution in [0.5, 0.6) is 17.2 Å². The van der Waals surface area contributed by atoms with Gasteiger partial charge >= 0.3 is 7.82 Å². The number of hydrogen-bond acceptors (Lipinski definition) is 4. The molecule has 1 aliphatic heterocycles. The van der Waals surface area contributed by atoms with Crippen molar-refractivity contribution >= 4 is 54.2 Å². The molecule has 3 rings (SSSR count). The summed E-state index contributed by atoms with van der Waals surface area (Å²) in [5.41, 5.74) is 2.22. The minimum Gasteiger partial charge on any atom is -0.385 e. The third kappa shape index (κ3) is 4.27. The maximum atomic E-state index is 13.5. The average molecular weight is 512 g/mol. The molecule has 0 amide bonds. The van der Waals surface area contributed by atoms with E-state index in [4.69, 9.17) is 60.0 Å². The van der Waals surface area contributed by atoms with Crippen LogP contribution >= 0.6 is 54.2 Å². The number of rotatable bonds is 2. The Morgan fingerprint density at radius 1 is 0.767 bits per heavy atom. The molecule has 0 radical (unpaired) electrons. The van der Waals surface area contributed by atoms with Crippen LogP contribution in [0.25, 0.3) is 0 Å². The highest BCUT2D eigenvalue weighted by Crippen LogP contribution is 2.66. The summed E-state index contributed by atoms with van der Waals surface area (Å²) < 4.78 is 30.7. The van der Waals surface area contributed by atoms with Crippen LogP contribution in [0.4, 0.5) is 0 Å². The van der Waals surface area contributed by atoms with E-state index in [0.717, 1.165) is 16.7 Å². The Morgan fingerprint density at radius 3 is 1.47 bits per heavy atom. The highest BCUT2D eigenvalue weighted by Gasteiger charge is 2.46. The van der Waals surface area contributed by atoms with Crippen LogP contribution in [0.15, 0.2) is 12.1 Å². The van der Waals surface area contributed by atoms with Crippen LogP contribution in [0.1, 0.15) is 58.2 Å². The molecule has 0 aliphatic carbocycles. The van der Waals surface area contributed by atoms with Crippen molar-refractivity contribution in [1.29, 1.82) is 0 Å². The molecule has 4 nitrogen and oxygen atoms in total. The molecule has 9 heteroatoms. The monoisotopic (exact) mass is 510 g/mol. The van der Waals surface area contributed by atoms with Crippen LogP contribution in [-0.4, -0.2) is 0 Å². The fourth-order valence-corrected chi connectivity index (χ4v) is 5.46. The smallest absolute Gasteiger partial charge is 0.385 e. The summed E-state index contributed by atoms with van der Waals surface area (Å²) in [4.78, 5) is 0. The quantitative estimate of drug-likeness (QED) is 0.229. The van der Waals surface area contributed by atoms with E-state index in [9.17, 15) is 4.57 Å². The van der Waals surface area contributed by atoms with Gasteiger partial charge in [0.1, 0.15) is 15.8 Å². The zero-order valence-electron chi connectivity index (χ0n) is 17.7. The van der Waals surface area contributed by atoms with Gasteiger partial charge < -0.3 is 13.6 Å². The molecule has 0 spiro atoms. The summed E-state index contributed by atoms with van der Waals surface area (Å²) in [6.07, 6.45) is 0. The van der Waals surface area contributed by atoms with E-state index in [1.54, 1.807) is 0 Å². The third-order valence-corrected chi connectivity index (χ3v) is 7.63. The normalized spacial score (nSPS) is 15.4. The number of fused-ring (bicyclic) bond motifs is 1. The van der Waals surface area contributed by atoms with Crippen LogP contribution in [0.2, 0.25) is 20.1 Å². The number of benzene rings is 2. The van der Waals surface area contributed by atoms with Crippen LogP contribution in [0.3, 0.4) is 0 Å². The lowest BCUT2D eigenvalue weighted by molar-refractivity contribution is 0.324. The Bertz CT molecular complexity index is 1010. The van der Waals surface area contributed by atoms with E-state index >= 15 is 0 Å². The van der Waals surface area contributed by atoms with Gasteiger partial charge in [-0.3, -0.25) is 0 Å². The second-order valence-corrected chi connectivity index (χ2v) is 12.3. The minimum absolute atomic E-state index is 0.0137. The molecule has 0 saturated heterocycles.